The van der Waals surface area contributed by atoms with Crippen molar-refractivity contribution >= 4 is 16.8 Å². The van der Waals surface area contributed by atoms with Gasteiger partial charge in [-0.2, -0.15) is 0 Å². The summed E-state index contributed by atoms with van der Waals surface area (Å²) < 4.78 is 2.32. The molecule has 4 heteroatoms. The van der Waals surface area contributed by atoms with Crippen molar-refractivity contribution in [2.24, 2.45) is 0 Å². The minimum Gasteiger partial charge on any atom is -0.350 e. The lowest BCUT2D eigenvalue weighted by molar-refractivity contribution is -0.121. The van der Waals surface area contributed by atoms with E-state index >= 15 is 0 Å². The number of pyridine rings is 1. The average Bonchev–Trinajstić information content (AvgIpc) is 3.21. The SMILES string of the molecule is CCc1cccc2c(C(CC(=O)NCc3ccccn3)c3ccccc3)cn(CC)c12. The molecule has 2 aromatic carbocycles. The molecule has 0 spiro atoms. The minimum atomic E-state index is -0.00709. The van der Waals surface area contributed by atoms with E-state index in [2.05, 4.69) is 65.2 Å². The molecule has 0 fully saturated rings. The third-order valence-corrected chi connectivity index (χ3v) is 5.89. The minimum absolute atomic E-state index is 0.00709. The number of aromatic nitrogens is 2. The second kappa shape index (κ2) is 9.61. The van der Waals surface area contributed by atoms with Gasteiger partial charge in [-0.05, 0) is 42.2 Å². The Balaban J connectivity index is 1.69. The van der Waals surface area contributed by atoms with E-state index in [0.29, 0.717) is 13.0 Å². The highest BCUT2D eigenvalue weighted by Gasteiger charge is 2.23. The van der Waals surface area contributed by atoms with Crippen molar-refractivity contribution in [3.05, 3.63) is 102 Å². The van der Waals surface area contributed by atoms with Crippen molar-refractivity contribution in [2.45, 2.75) is 45.7 Å². The van der Waals surface area contributed by atoms with Crippen LogP contribution < -0.4 is 5.32 Å². The van der Waals surface area contributed by atoms with Crippen molar-refractivity contribution < 1.29 is 4.79 Å². The van der Waals surface area contributed by atoms with E-state index in [1.807, 2.05) is 36.4 Å². The first-order valence-corrected chi connectivity index (χ1v) is 11.0. The Morgan fingerprint density at radius 3 is 2.52 bits per heavy atom. The fourth-order valence-corrected chi connectivity index (χ4v) is 4.32. The molecule has 2 heterocycles. The summed E-state index contributed by atoms with van der Waals surface area (Å²) in [6.45, 7) is 5.72. The average molecular weight is 412 g/mol. The maximum absolute atomic E-state index is 13.0. The van der Waals surface area contributed by atoms with Gasteiger partial charge in [0.2, 0.25) is 5.91 Å². The Labute approximate surface area is 183 Å². The third-order valence-electron chi connectivity index (χ3n) is 5.89. The molecule has 31 heavy (non-hydrogen) atoms. The van der Waals surface area contributed by atoms with Crippen LogP contribution in [0.25, 0.3) is 10.9 Å². The second-order valence-corrected chi connectivity index (χ2v) is 7.80. The second-order valence-electron chi connectivity index (χ2n) is 7.80. The first kappa shape index (κ1) is 20.9. The molecule has 4 rings (SSSR count). The molecule has 0 saturated heterocycles. The van der Waals surface area contributed by atoms with Gasteiger partial charge in [0.15, 0.2) is 0 Å². The number of nitrogens with zero attached hydrogens (tertiary/aromatic N) is 2. The van der Waals surface area contributed by atoms with Crippen LogP contribution in [0.4, 0.5) is 0 Å². The van der Waals surface area contributed by atoms with Crippen LogP contribution in [0.15, 0.2) is 79.1 Å². The summed E-state index contributed by atoms with van der Waals surface area (Å²) in [5.74, 6) is 0.0240. The molecule has 1 N–H and O–H groups in total. The van der Waals surface area contributed by atoms with Gasteiger partial charge in [-0.15, -0.1) is 0 Å². The van der Waals surface area contributed by atoms with E-state index in [4.69, 9.17) is 0 Å². The maximum atomic E-state index is 13.0. The van der Waals surface area contributed by atoms with E-state index in [1.54, 1.807) is 6.20 Å². The lowest BCUT2D eigenvalue weighted by atomic mass is 9.87. The Morgan fingerprint density at radius 2 is 1.81 bits per heavy atom. The molecule has 0 saturated carbocycles. The molecule has 0 radical (unpaired) electrons. The smallest absolute Gasteiger partial charge is 0.221 e. The van der Waals surface area contributed by atoms with E-state index in [0.717, 1.165) is 24.2 Å². The van der Waals surface area contributed by atoms with Gasteiger partial charge >= 0.3 is 0 Å². The number of aryl methyl sites for hydroxylation is 2. The largest absolute Gasteiger partial charge is 0.350 e. The molecular weight excluding hydrogens is 382 g/mol. The number of nitrogens with one attached hydrogen (secondary N) is 1. The zero-order valence-electron chi connectivity index (χ0n) is 18.2. The van der Waals surface area contributed by atoms with E-state index < -0.39 is 0 Å². The number of benzene rings is 2. The highest BCUT2D eigenvalue weighted by Crippen LogP contribution is 2.36. The number of fused-ring (bicyclic) bond motifs is 1. The molecule has 0 aliphatic rings. The summed E-state index contributed by atoms with van der Waals surface area (Å²) in [5.41, 5.74) is 5.87. The number of rotatable bonds is 8. The lowest BCUT2D eigenvalue weighted by Crippen LogP contribution is -2.25. The third kappa shape index (κ3) is 4.53. The summed E-state index contributed by atoms with van der Waals surface area (Å²) in [7, 11) is 0. The van der Waals surface area contributed by atoms with Crippen LogP contribution in [-0.2, 0) is 24.3 Å². The summed E-state index contributed by atoms with van der Waals surface area (Å²) >= 11 is 0. The number of hydrogen-bond donors (Lipinski definition) is 1. The number of carbonyl (C=O) groups is 1. The van der Waals surface area contributed by atoms with Gasteiger partial charge in [0.25, 0.3) is 0 Å². The summed E-state index contributed by atoms with van der Waals surface area (Å²) in [6, 6.07) is 22.6. The summed E-state index contributed by atoms with van der Waals surface area (Å²) in [6.07, 6.45) is 5.38. The molecule has 1 atom stereocenters. The van der Waals surface area contributed by atoms with Crippen LogP contribution in [0.5, 0.6) is 0 Å². The van der Waals surface area contributed by atoms with Gasteiger partial charge in [-0.25, -0.2) is 0 Å². The first-order chi connectivity index (χ1) is 15.2. The van der Waals surface area contributed by atoms with E-state index in [9.17, 15) is 4.79 Å². The van der Waals surface area contributed by atoms with E-state index in [1.165, 1.54) is 22.0 Å². The fraction of sp³-hybridized carbons (Fsp3) is 0.259. The number of amides is 1. The molecule has 0 aliphatic heterocycles. The maximum Gasteiger partial charge on any atom is 0.221 e. The first-order valence-electron chi connectivity index (χ1n) is 11.0. The molecule has 4 nitrogen and oxygen atoms in total. The zero-order chi connectivity index (χ0) is 21.6. The summed E-state index contributed by atoms with van der Waals surface area (Å²) in [5, 5.41) is 4.30. The lowest BCUT2D eigenvalue weighted by Gasteiger charge is -2.17. The Hall–Kier alpha value is -3.40. The van der Waals surface area contributed by atoms with Crippen LogP contribution in [0.3, 0.4) is 0 Å². The standard InChI is InChI=1S/C27H29N3O/c1-3-20-13-10-15-23-25(19-30(4-2)27(20)23)24(21-11-6-5-7-12-21)17-26(31)29-18-22-14-8-9-16-28-22/h5-16,19,24H,3-4,17-18H2,1-2H3,(H,29,31). The number of hydrogen-bond acceptors (Lipinski definition) is 2. The van der Waals surface area contributed by atoms with Gasteiger partial charge < -0.3 is 9.88 Å². The molecule has 158 valence electrons. The Bertz CT molecular complexity index is 1150. The quantitative estimate of drug-likeness (QED) is 0.419. The topological polar surface area (TPSA) is 46.9 Å². The predicted molar refractivity (Wildman–Crippen MR) is 126 cm³/mol. The zero-order valence-corrected chi connectivity index (χ0v) is 18.2. The Kier molecular flexibility index (Phi) is 6.46. The highest BCUT2D eigenvalue weighted by molar-refractivity contribution is 5.89. The molecule has 2 aromatic heterocycles. The Morgan fingerprint density at radius 1 is 1.00 bits per heavy atom. The molecule has 0 bridgehead atoms. The molecule has 1 unspecified atom stereocenters. The van der Waals surface area contributed by atoms with Crippen molar-refractivity contribution in [1.82, 2.24) is 14.9 Å². The molecule has 4 aromatic rings. The molecule has 0 aliphatic carbocycles. The predicted octanol–water partition coefficient (Wildman–Crippen LogP) is 5.46. The normalized spacial score (nSPS) is 12.1. The van der Waals surface area contributed by atoms with Crippen molar-refractivity contribution in [2.75, 3.05) is 0 Å². The summed E-state index contributed by atoms with van der Waals surface area (Å²) in [4.78, 5) is 17.3. The van der Waals surface area contributed by atoms with Gasteiger partial charge in [0, 0.05) is 36.7 Å². The highest BCUT2D eigenvalue weighted by atomic mass is 16.1. The van der Waals surface area contributed by atoms with Crippen molar-refractivity contribution in [1.29, 1.82) is 0 Å². The van der Waals surface area contributed by atoms with Gasteiger partial charge in [-0.3, -0.25) is 9.78 Å². The van der Waals surface area contributed by atoms with Crippen LogP contribution >= 0.6 is 0 Å². The van der Waals surface area contributed by atoms with Crippen LogP contribution in [0.1, 0.15) is 48.6 Å². The van der Waals surface area contributed by atoms with E-state index in [-0.39, 0.29) is 11.8 Å². The van der Waals surface area contributed by atoms with Crippen LogP contribution in [0, 0.1) is 0 Å². The van der Waals surface area contributed by atoms with Gasteiger partial charge in [-0.1, -0.05) is 61.5 Å². The molecular formula is C27H29N3O. The monoisotopic (exact) mass is 411 g/mol. The van der Waals surface area contributed by atoms with Crippen LogP contribution in [-0.4, -0.2) is 15.5 Å². The molecule has 1 amide bonds. The fourth-order valence-electron chi connectivity index (χ4n) is 4.32. The number of carbonyl (C=O) groups excluding carboxylic acids is 1. The number of para-hydroxylation sites is 1. The van der Waals surface area contributed by atoms with Crippen LogP contribution in [0.2, 0.25) is 0 Å². The van der Waals surface area contributed by atoms with Crippen molar-refractivity contribution in [3.63, 3.8) is 0 Å². The van der Waals surface area contributed by atoms with Crippen molar-refractivity contribution in [3.8, 4) is 0 Å². The van der Waals surface area contributed by atoms with Gasteiger partial charge in [0.05, 0.1) is 17.8 Å². The van der Waals surface area contributed by atoms with Gasteiger partial charge in [0.1, 0.15) is 0 Å².